The van der Waals surface area contributed by atoms with E-state index in [0.717, 1.165) is 0 Å². The van der Waals surface area contributed by atoms with Crippen LogP contribution in [-0.4, -0.2) is 41.8 Å². The molecule has 0 radical (unpaired) electrons. The minimum absolute atomic E-state index is 0.0271. The van der Waals surface area contributed by atoms with Crippen molar-refractivity contribution in [2.75, 3.05) is 18.4 Å². The molecule has 0 aliphatic carbocycles. The first-order valence-electron chi connectivity index (χ1n) is 6.25. The summed E-state index contributed by atoms with van der Waals surface area (Å²) in [7, 11) is 0. The van der Waals surface area contributed by atoms with Crippen molar-refractivity contribution < 1.29 is 23.4 Å². The molecule has 1 aliphatic heterocycles. The molecule has 0 aromatic heterocycles. The Morgan fingerprint density at radius 1 is 1.55 bits per heavy atom. The average molecular weight is 286 g/mol. The Balaban J connectivity index is 2.04. The first-order chi connectivity index (χ1) is 9.45. The number of β-amino-alcohol motifs (C(OH)–C–C–N with tert-alkyl or cyclic N) is 1. The minimum atomic E-state index is -2.91. The lowest BCUT2D eigenvalue weighted by atomic mass is 10.2. The molecule has 110 valence electrons. The molecule has 20 heavy (non-hydrogen) atoms. The molecule has 0 bridgehead atoms. The number of nitrogens with one attached hydrogen (secondary N) is 1. The van der Waals surface area contributed by atoms with Gasteiger partial charge in [-0.05, 0) is 25.0 Å². The number of amides is 2. The molecule has 7 heteroatoms. The van der Waals surface area contributed by atoms with Crippen LogP contribution in [0.1, 0.15) is 12.0 Å². The second-order valence-corrected chi connectivity index (χ2v) is 4.68. The standard InChI is InChI=1S/C13H16F2N2O3/c1-8-2-3-9(6-11(8)20-12(14)15)16-13(19)17-5-4-10(18)7-17/h2-3,6,10,12,18H,4-5,7H2,1H3,(H,16,19)/t10-/m0/s1. The van der Waals surface area contributed by atoms with Crippen molar-refractivity contribution >= 4 is 11.7 Å². The van der Waals surface area contributed by atoms with E-state index in [0.29, 0.717) is 24.2 Å². The number of halogens is 2. The zero-order chi connectivity index (χ0) is 14.7. The Morgan fingerprint density at radius 2 is 2.30 bits per heavy atom. The summed E-state index contributed by atoms with van der Waals surface area (Å²) in [6.45, 7) is -0.523. The predicted octanol–water partition coefficient (Wildman–Crippen LogP) is 2.19. The predicted molar refractivity (Wildman–Crippen MR) is 69.0 cm³/mol. The van der Waals surface area contributed by atoms with Gasteiger partial charge in [0.15, 0.2) is 0 Å². The molecule has 1 atom stereocenters. The number of nitrogens with zero attached hydrogens (tertiary/aromatic N) is 1. The van der Waals surface area contributed by atoms with Crippen LogP contribution in [0.5, 0.6) is 5.75 Å². The molecule has 2 amide bonds. The van der Waals surface area contributed by atoms with Crippen molar-refractivity contribution in [2.45, 2.75) is 26.1 Å². The van der Waals surface area contributed by atoms with Gasteiger partial charge in [-0.1, -0.05) is 6.07 Å². The van der Waals surface area contributed by atoms with Crippen LogP contribution >= 0.6 is 0 Å². The maximum atomic E-state index is 12.2. The molecule has 1 aliphatic rings. The summed E-state index contributed by atoms with van der Waals surface area (Å²) in [5, 5.41) is 12.0. The summed E-state index contributed by atoms with van der Waals surface area (Å²) in [6, 6.07) is 4.18. The smallest absolute Gasteiger partial charge is 0.387 e. The van der Waals surface area contributed by atoms with Crippen LogP contribution < -0.4 is 10.1 Å². The highest BCUT2D eigenvalue weighted by Gasteiger charge is 2.24. The molecular weight excluding hydrogens is 270 g/mol. The van der Waals surface area contributed by atoms with Crippen molar-refractivity contribution in [1.29, 1.82) is 0 Å². The van der Waals surface area contributed by atoms with Gasteiger partial charge in [-0.3, -0.25) is 0 Å². The highest BCUT2D eigenvalue weighted by molar-refractivity contribution is 5.89. The van der Waals surface area contributed by atoms with Gasteiger partial charge in [-0.15, -0.1) is 0 Å². The summed E-state index contributed by atoms with van der Waals surface area (Å²) < 4.78 is 28.8. The number of ether oxygens (including phenoxy) is 1. The van der Waals surface area contributed by atoms with Crippen LogP contribution in [0.2, 0.25) is 0 Å². The van der Waals surface area contributed by atoms with Gasteiger partial charge in [0, 0.05) is 24.8 Å². The van der Waals surface area contributed by atoms with Crippen LogP contribution in [0.4, 0.5) is 19.3 Å². The molecule has 0 spiro atoms. The summed E-state index contributed by atoms with van der Waals surface area (Å²) in [6.07, 6.45) is 0.0395. The second kappa shape index (κ2) is 6.04. The quantitative estimate of drug-likeness (QED) is 0.895. The number of hydrogen-bond donors (Lipinski definition) is 2. The van der Waals surface area contributed by atoms with Gasteiger partial charge in [-0.25, -0.2) is 4.79 Å². The highest BCUT2D eigenvalue weighted by atomic mass is 19.3. The van der Waals surface area contributed by atoms with Gasteiger partial charge < -0.3 is 20.1 Å². The van der Waals surface area contributed by atoms with Gasteiger partial charge in [0.1, 0.15) is 5.75 Å². The molecule has 1 saturated heterocycles. The molecule has 2 N–H and O–H groups in total. The summed E-state index contributed by atoms with van der Waals surface area (Å²) in [5.41, 5.74) is 0.928. The summed E-state index contributed by atoms with van der Waals surface area (Å²) in [4.78, 5) is 13.4. The van der Waals surface area contributed by atoms with E-state index in [2.05, 4.69) is 10.1 Å². The van der Waals surface area contributed by atoms with Gasteiger partial charge in [0.25, 0.3) is 0 Å². The topological polar surface area (TPSA) is 61.8 Å². The van der Waals surface area contributed by atoms with E-state index in [-0.39, 0.29) is 18.3 Å². The van der Waals surface area contributed by atoms with E-state index in [1.165, 1.54) is 11.0 Å². The fraction of sp³-hybridized carbons (Fsp3) is 0.462. The lowest BCUT2D eigenvalue weighted by molar-refractivity contribution is -0.0502. The highest BCUT2D eigenvalue weighted by Crippen LogP contribution is 2.24. The fourth-order valence-electron chi connectivity index (χ4n) is 2.03. The molecular formula is C13H16F2N2O3. The Hall–Kier alpha value is -1.89. The van der Waals surface area contributed by atoms with Crippen LogP contribution in [0, 0.1) is 6.92 Å². The number of urea groups is 1. The van der Waals surface area contributed by atoms with Crippen LogP contribution in [0.25, 0.3) is 0 Å². The Bertz CT molecular complexity index is 497. The van der Waals surface area contributed by atoms with Crippen molar-refractivity contribution in [1.82, 2.24) is 4.90 Å². The molecule has 0 unspecified atom stereocenters. The number of aliphatic hydroxyl groups is 1. The Labute approximate surface area is 115 Å². The third-order valence-corrected chi connectivity index (χ3v) is 3.11. The van der Waals surface area contributed by atoms with Gasteiger partial charge in [-0.2, -0.15) is 8.78 Å². The van der Waals surface area contributed by atoms with E-state index < -0.39 is 12.7 Å². The van der Waals surface area contributed by atoms with Crippen molar-refractivity contribution in [2.24, 2.45) is 0 Å². The molecule has 2 rings (SSSR count). The first-order valence-corrected chi connectivity index (χ1v) is 6.25. The largest absolute Gasteiger partial charge is 0.434 e. The number of carbonyl (C=O) groups is 1. The van der Waals surface area contributed by atoms with Crippen LogP contribution in [-0.2, 0) is 0 Å². The molecule has 1 aromatic rings. The number of alkyl halides is 2. The van der Waals surface area contributed by atoms with Crippen molar-refractivity contribution in [3.63, 3.8) is 0 Å². The number of likely N-dealkylation sites (tertiary alicyclic amines) is 1. The Kier molecular flexibility index (Phi) is 4.39. The molecule has 1 aromatic carbocycles. The molecule has 5 nitrogen and oxygen atoms in total. The second-order valence-electron chi connectivity index (χ2n) is 4.68. The molecule has 0 saturated carbocycles. The number of benzene rings is 1. The number of aryl methyl sites for hydroxylation is 1. The third kappa shape index (κ3) is 3.57. The van der Waals surface area contributed by atoms with E-state index in [9.17, 15) is 18.7 Å². The maximum absolute atomic E-state index is 12.2. The lowest BCUT2D eigenvalue weighted by Crippen LogP contribution is -2.33. The van der Waals surface area contributed by atoms with Gasteiger partial charge >= 0.3 is 12.6 Å². The number of anilines is 1. The zero-order valence-corrected chi connectivity index (χ0v) is 11.0. The fourth-order valence-corrected chi connectivity index (χ4v) is 2.03. The SMILES string of the molecule is Cc1ccc(NC(=O)N2CC[C@H](O)C2)cc1OC(F)F. The Morgan fingerprint density at radius 3 is 2.90 bits per heavy atom. The summed E-state index contributed by atoms with van der Waals surface area (Å²) >= 11 is 0. The first kappa shape index (κ1) is 14.5. The van der Waals surface area contributed by atoms with Gasteiger partial charge in [0.2, 0.25) is 0 Å². The zero-order valence-electron chi connectivity index (χ0n) is 11.0. The summed E-state index contributed by atoms with van der Waals surface area (Å²) in [5.74, 6) is 0.0271. The molecule has 1 heterocycles. The van der Waals surface area contributed by atoms with E-state index in [4.69, 9.17) is 0 Å². The van der Waals surface area contributed by atoms with Crippen LogP contribution in [0.15, 0.2) is 18.2 Å². The number of aliphatic hydroxyl groups excluding tert-OH is 1. The van der Waals surface area contributed by atoms with Crippen molar-refractivity contribution in [3.8, 4) is 5.75 Å². The number of hydrogen-bond acceptors (Lipinski definition) is 3. The third-order valence-electron chi connectivity index (χ3n) is 3.11. The number of carbonyl (C=O) groups excluding carboxylic acids is 1. The lowest BCUT2D eigenvalue weighted by Gasteiger charge is -2.17. The average Bonchev–Trinajstić information content (AvgIpc) is 2.79. The van der Waals surface area contributed by atoms with Gasteiger partial charge in [0.05, 0.1) is 6.10 Å². The van der Waals surface area contributed by atoms with E-state index in [1.54, 1.807) is 19.1 Å². The van der Waals surface area contributed by atoms with E-state index >= 15 is 0 Å². The number of rotatable bonds is 3. The normalized spacial score (nSPS) is 18.4. The minimum Gasteiger partial charge on any atom is -0.434 e. The maximum Gasteiger partial charge on any atom is 0.387 e. The molecule has 1 fully saturated rings. The van der Waals surface area contributed by atoms with E-state index in [1.807, 2.05) is 0 Å². The van der Waals surface area contributed by atoms with Crippen molar-refractivity contribution in [3.05, 3.63) is 23.8 Å². The monoisotopic (exact) mass is 286 g/mol. The van der Waals surface area contributed by atoms with Crippen LogP contribution in [0.3, 0.4) is 0 Å².